The van der Waals surface area contributed by atoms with Gasteiger partial charge in [0.05, 0.1) is 28.8 Å². The lowest BCUT2D eigenvalue weighted by atomic mass is 10.1. The van der Waals surface area contributed by atoms with Gasteiger partial charge in [0.1, 0.15) is 5.69 Å². The minimum Gasteiger partial charge on any atom is -0.345 e. The van der Waals surface area contributed by atoms with E-state index in [0.29, 0.717) is 0 Å². The first kappa shape index (κ1) is 11.8. The molecular formula is C12H10N4O2S. The first-order valence-corrected chi connectivity index (χ1v) is 7.01. The Morgan fingerprint density at radius 3 is 2.47 bits per heavy atom. The molecule has 0 aromatic heterocycles. The second-order valence-electron chi connectivity index (χ2n) is 4.06. The lowest BCUT2D eigenvalue weighted by Gasteiger charge is -1.99. The molecule has 0 saturated carbocycles. The van der Waals surface area contributed by atoms with E-state index in [4.69, 9.17) is 5.14 Å². The van der Waals surface area contributed by atoms with Crippen molar-refractivity contribution in [3.05, 3.63) is 42.9 Å². The Morgan fingerprint density at radius 2 is 1.84 bits per heavy atom. The normalized spacial score (nSPS) is 11.8. The number of sulfonamides is 1. The van der Waals surface area contributed by atoms with Gasteiger partial charge in [-0.1, -0.05) is 12.1 Å². The summed E-state index contributed by atoms with van der Waals surface area (Å²) in [6.45, 7) is 0. The van der Waals surface area contributed by atoms with Crippen molar-refractivity contribution in [1.82, 2.24) is 15.0 Å². The van der Waals surface area contributed by atoms with Crippen LogP contribution < -0.4 is 5.14 Å². The van der Waals surface area contributed by atoms with Gasteiger partial charge in [-0.15, -0.1) is 0 Å². The summed E-state index contributed by atoms with van der Waals surface area (Å²) < 4.78 is 22.3. The van der Waals surface area contributed by atoms with E-state index in [1.807, 2.05) is 6.07 Å². The maximum Gasteiger partial charge on any atom is 0.238 e. The van der Waals surface area contributed by atoms with Crippen LogP contribution in [0.25, 0.3) is 22.6 Å². The van der Waals surface area contributed by atoms with Crippen LogP contribution in [0.5, 0.6) is 0 Å². The van der Waals surface area contributed by atoms with Crippen LogP contribution in [-0.4, -0.2) is 23.4 Å². The van der Waals surface area contributed by atoms with E-state index in [-0.39, 0.29) is 4.90 Å². The van der Waals surface area contributed by atoms with Crippen molar-refractivity contribution in [2.45, 2.75) is 4.90 Å². The Balaban J connectivity index is 2.06. The molecule has 0 bridgehead atoms. The second kappa shape index (κ2) is 4.15. The van der Waals surface area contributed by atoms with E-state index in [0.717, 1.165) is 22.6 Å². The number of nitrogens with zero attached hydrogens (tertiary/aromatic N) is 2. The quantitative estimate of drug-likeness (QED) is 0.733. The van der Waals surface area contributed by atoms with Crippen LogP contribution >= 0.6 is 0 Å². The molecule has 3 N–H and O–H groups in total. The van der Waals surface area contributed by atoms with Crippen molar-refractivity contribution < 1.29 is 8.42 Å². The molecule has 6 nitrogen and oxygen atoms in total. The number of primary sulfonamides is 1. The fourth-order valence-electron chi connectivity index (χ4n) is 1.82. The van der Waals surface area contributed by atoms with Gasteiger partial charge in [-0.25, -0.2) is 23.5 Å². The molecule has 0 aliphatic carbocycles. The molecule has 0 fully saturated rings. The van der Waals surface area contributed by atoms with Crippen LogP contribution in [0.4, 0.5) is 0 Å². The Bertz CT molecular complexity index is 763. The average Bonchev–Trinajstić information content (AvgIpc) is 2.81. The summed E-state index contributed by atoms with van der Waals surface area (Å²) in [5.41, 5.74) is 3.20. The topological polar surface area (TPSA) is 102 Å². The van der Waals surface area contributed by atoms with Gasteiger partial charge in [0.15, 0.2) is 0 Å². The minimum atomic E-state index is -3.66. The number of hydrogen-bond donors (Lipinski definition) is 2. The maximum absolute atomic E-state index is 11.2. The van der Waals surface area contributed by atoms with E-state index < -0.39 is 10.0 Å². The Morgan fingerprint density at radius 1 is 1.11 bits per heavy atom. The first-order chi connectivity index (χ1) is 9.04. The molecule has 1 aromatic rings. The zero-order chi connectivity index (χ0) is 13.5. The van der Waals surface area contributed by atoms with Gasteiger partial charge in [0.25, 0.3) is 0 Å². The standard InChI is InChI=1S/C12H10N4O2S/c13-19(17,18)9-3-1-8(2-4-9)10-5-11-12(16-10)6-14-7-15-11/h1-7H,(H,14,15)(H2,13,17,18). The van der Waals surface area contributed by atoms with Gasteiger partial charge in [-0.2, -0.15) is 0 Å². The smallest absolute Gasteiger partial charge is 0.238 e. The third-order valence-electron chi connectivity index (χ3n) is 2.77. The fraction of sp³-hybridized carbons (Fsp3) is 0. The van der Waals surface area contributed by atoms with Crippen molar-refractivity contribution in [3.63, 3.8) is 0 Å². The second-order valence-corrected chi connectivity index (χ2v) is 5.62. The number of benzene rings is 1. The van der Waals surface area contributed by atoms with Crippen molar-refractivity contribution in [2.24, 2.45) is 5.14 Å². The summed E-state index contributed by atoms with van der Waals surface area (Å²) in [7, 11) is -3.66. The summed E-state index contributed by atoms with van der Waals surface area (Å²) >= 11 is 0. The van der Waals surface area contributed by atoms with Crippen LogP contribution in [0, 0.1) is 0 Å². The largest absolute Gasteiger partial charge is 0.345 e. The number of nitrogens with two attached hydrogens (primary N) is 1. The van der Waals surface area contributed by atoms with Gasteiger partial charge in [-0.05, 0) is 18.2 Å². The van der Waals surface area contributed by atoms with Crippen LogP contribution in [0.1, 0.15) is 0 Å². The zero-order valence-corrected chi connectivity index (χ0v) is 10.6. The molecule has 0 unspecified atom stereocenters. The number of hydrogen-bond acceptors (Lipinski definition) is 4. The highest BCUT2D eigenvalue weighted by Crippen LogP contribution is 2.26. The molecule has 0 amide bonds. The zero-order valence-electron chi connectivity index (χ0n) is 9.74. The predicted octanol–water partition coefficient (Wildman–Crippen LogP) is 1.22. The van der Waals surface area contributed by atoms with Crippen LogP contribution in [0.2, 0.25) is 0 Å². The molecule has 0 spiro atoms. The molecule has 2 aliphatic heterocycles. The number of aromatic nitrogens is 3. The van der Waals surface area contributed by atoms with E-state index in [1.165, 1.54) is 12.1 Å². The molecule has 96 valence electrons. The van der Waals surface area contributed by atoms with Crippen molar-refractivity contribution in [1.29, 1.82) is 0 Å². The van der Waals surface area contributed by atoms with E-state index in [9.17, 15) is 8.42 Å². The Labute approximate surface area is 109 Å². The van der Waals surface area contributed by atoms with Gasteiger partial charge in [-0.3, -0.25) is 0 Å². The highest BCUT2D eigenvalue weighted by molar-refractivity contribution is 7.89. The minimum absolute atomic E-state index is 0.0839. The van der Waals surface area contributed by atoms with Crippen molar-refractivity contribution >= 4 is 10.0 Å². The summed E-state index contributed by atoms with van der Waals surface area (Å²) in [5.74, 6) is 0. The lowest BCUT2D eigenvalue weighted by Crippen LogP contribution is -2.11. The fourth-order valence-corrected chi connectivity index (χ4v) is 2.34. The molecule has 3 rings (SSSR count). The highest BCUT2D eigenvalue weighted by atomic mass is 32.2. The highest BCUT2D eigenvalue weighted by Gasteiger charge is 2.12. The van der Waals surface area contributed by atoms with Crippen LogP contribution in [0.15, 0.2) is 47.8 Å². The predicted molar refractivity (Wildman–Crippen MR) is 69.8 cm³/mol. The summed E-state index contributed by atoms with van der Waals surface area (Å²) in [6, 6.07) is 8.16. The first-order valence-electron chi connectivity index (χ1n) is 5.46. The number of rotatable bonds is 2. The Hall–Kier alpha value is -2.25. The number of H-pyrrole nitrogens is 1. The molecule has 2 heterocycles. The SMILES string of the molecule is NS(=O)(=O)c1ccc(-c2cc3[nH]cncc-3n2)cc1. The van der Waals surface area contributed by atoms with Gasteiger partial charge in [0.2, 0.25) is 10.0 Å². The molecule has 7 heteroatoms. The summed E-state index contributed by atoms with van der Waals surface area (Å²) in [6.07, 6.45) is 3.24. The van der Waals surface area contributed by atoms with Gasteiger partial charge in [0, 0.05) is 5.56 Å². The maximum atomic E-state index is 11.2. The third kappa shape index (κ3) is 2.20. The van der Waals surface area contributed by atoms with Crippen LogP contribution in [0.3, 0.4) is 0 Å². The number of nitrogens with one attached hydrogen (secondary N) is 1. The van der Waals surface area contributed by atoms with E-state index in [2.05, 4.69) is 15.0 Å². The molecule has 19 heavy (non-hydrogen) atoms. The molecule has 2 aliphatic rings. The summed E-state index contributed by atoms with van der Waals surface area (Å²) in [5, 5.41) is 5.05. The number of aromatic amines is 1. The van der Waals surface area contributed by atoms with Crippen LogP contribution in [-0.2, 0) is 10.0 Å². The Kier molecular flexibility index (Phi) is 2.58. The summed E-state index contributed by atoms with van der Waals surface area (Å²) in [4.78, 5) is 11.4. The van der Waals surface area contributed by atoms with Crippen molar-refractivity contribution in [3.8, 4) is 22.6 Å². The molecule has 0 radical (unpaired) electrons. The molecule has 0 saturated heterocycles. The molecular weight excluding hydrogens is 264 g/mol. The van der Waals surface area contributed by atoms with Gasteiger partial charge < -0.3 is 4.98 Å². The molecule has 0 atom stereocenters. The van der Waals surface area contributed by atoms with E-state index >= 15 is 0 Å². The number of fused-ring (bicyclic) bond motifs is 1. The van der Waals surface area contributed by atoms with Gasteiger partial charge >= 0.3 is 0 Å². The average molecular weight is 274 g/mol. The molecule has 1 aromatic carbocycles. The monoisotopic (exact) mass is 274 g/mol. The van der Waals surface area contributed by atoms with E-state index in [1.54, 1.807) is 24.7 Å². The lowest BCUT2D eigenvalue weighted by molar-refractivity contribution is 0.598. The van der Waals surface area contributed by atoms with Crippen molar-refractivity contribution in [2.75, 3.05) is 0 Å². The third-order valence-corrected chi connectivity index (χ3v) is 3.70.